The number of nitrogens with zero attached hydrogens (tertiary/aromatic N) is 1. The molecule has 18 heavy (non-hydrogen) atoms. The molecule has 4 nitrogen and oxygen atoms in total. The molecule has 3 N–H and O–H groups in total. The Kier molecular flexibility index (Phi) is 5.28. The minimum atomic E-state index is -0.0443. The molecule has 1 amide bonds. The predicted molar refractivity (Wildman–Crippen MR) is 73.4 cm³/mol. The highest BCUT2D eigenvalue weighted by Crippen LogP contribution is 2.17. The van der Waals surface area contributed by atoms with E-state index in [1.807, 2.05) is 0 Å². The highest BCUT2D eigenvalue weighted by Gasteiger charge is 2.16. The van der Waals surface area contributed by atoms with Crippen molar-refractivity contribution in [2.45, 2.75) is 33.6 Å². The third-order valence-electron chi connectivity index (χ3n) is 3.16. The Labute approximate surface area is 109 Å². The van der Waals surface area contributed by atoms with Crippen LogP contribution in [-0.2, 0) is 6.42 Å². The van der Waals surface area contributed by atoms with Gasteiger partial charge in [0.05, 0.1) is 0 Å². The van der Waals surface area contributed by atoms with Crippen LogP contribution in [0.3, 0.4) is 0 Å². The van der Waals surface area contributed by atoms with Crippen LogP contribution >= 0.6 is 0 Å². The van der Waals surface area contributed by atoms with Crippen LogP contribution in [0, 0.1) is 5.41 Å². The lowest BCUT2D eigenvalue weighted by Crippen LogP contribution is -2.33. The first-order valence-corrected chi connectivity index (χ1v) is 6.41. The van der Waals surface area contributed by atoms with Gasteiger partial charge in [-0.05, 0) is 30.5 Å². The smallest absolute Gasteiger partial charge is 0.251 e. The van der Waals surface area contributed by atoms with Crippen molar-refractivity contribution in [3.63, 3.8) is 0 Å². The van der Waals surface area contributed by atoms with Crippen molar-refractivity contribution in [3.05, 3.63) is 29.6 Å². The predicted octanol–water partition coefficient (Wildman–Crippen LogP) is 1.75. The molecule has 0 aliphatic heterocycles. The summed E-state index contributed by atoms with van der Waals surface area (Å²) in [5, 5.41) is 2.96. The maximum Gasteiger partial charge on any atom is 0.251 e. The van der Waals surface area contributed by atoms with Gasteiger partial charge < -0.3 is 11.1 Å². The van der Waals surface area contributed by atoms with E-state index in [1.165, 1.54) is 0 Å². The quantitative estimate of drug-likeness (QED) is 0.807. The maximum atomic E-state index is 12.0. The molecular formula is C14H23N3O. The molecule has 0 radical (unpaired) electrons. The molecule has 4 heteroatoms. The zero-order valence-corrected chi connectivity index (χ0v) is 11.5. The zero-order valence-electron chi connectivity index (χ0n) is 11.5. The lowest BCUT2D eigenvalue weighted by atomic mass is 9.90. The third kappa shape index (κ3) is 4.45. The summed E-state index contributed by atoms with van der Waals surface area (Å²) in [5.41, 5.74) is 7.12. The topological polar surface area (TPSA) is 68.0 Å². The maximum absolute atomic E-state index is 12.0. The number of pyridine rings is 1. The number of carbonyl (C=O) groups excluding carboxylic acids is 1. The van der Waals surface area contributed by atoms with Gasteiger partial charge in [0.2, 0.25) is 0 Å². The molecule has 0 fully saturated rings. The van der Waals surface area contributed by atoms with Crippen molar-refractivity contribution in [2.75, 3.05) is 13.1 Å². The zero-order chi connectivity index (χ0) is 13.6. The Balaban J connectivity index is 2.64. The van der Waals surface area contributed by atoms with Gasteiger partial charge in [-0.25, -0.2) is 0 Å². The Morgan fingerprint density at radius 3 is 2.83 bits per heavy atom. The number of nitrogens with one attached hydrogen (secondary N) is 1. The van der Waals surface area contributed by atoms with E-state index in [9.17, 15) is 4.79 Å². The number of nitrogens with two attached hydrogens (primary N) is 1. The number of aromatic nitrogens is 1. The van der Waals surface area contributed by atoms with Gasteiger partial charge in [-0.3, -0.25) is 9.78 Å². The molecule has 0 atom stereocenters. The molecule has 0 saturated carbocycles. The molecule has 0 saturated heterocycles. The monoisotopic (exact) mass is 249 g/mol. The standard InChI is InChI=1S/C14H23N3O/c1-4-14(2,3)10-17-13(18)11-6-8-16-12(9-11)5-7-15/h6,8-9H,4-5,7,10,15H2,1-3H3,(H,17,18). The molecule has 100 valence electrons. The fourth-order valence-electron chi connectivity index (χ4n) is 1.45. The van der Waals surface area contributed by atoms with Crippen LogP contribution in [0.1, 0.15) is 43.2 Å². The van der Waals surface area contributed by atoms with Gasteiger partial charge in [0, 0.05) is 30.4 Å². The summed E-state index contributed by atoms with van der Waals surface area (Å²) in [6, 6.07) is 3.54. The van der Waals surface area contributed by atoms with Gasteiger partial charge in [0.15, 0.2) is 0 Å². The van der Waals surface area contributed by atoms with Crippen molar-refractivity contribution in [1.82, 2.24) is 10.3 Å². The number of hydrogen-bond acceptors (Lipinski definition) is 3. The van der Waals surface area contributed by atoms with E-state index >= 15 is 0 Å². The first-order valence-electron chi connectivity index (χ1n) is 6.41. The molecule has 0 aliphatic carbocycles. The fraction of sp³-hybridized carbons (Fsp3) is 0.571. The van der Waals surface area contributed by atoms with E-state index in [0.29, 0.717) is 25.1 Å². The van der Waals surface area contributed by atoms with Crippen molar-refractivity contribution in [1.29, 1.82) is 0 Å². The molecule has 0 spiro atoms. The second-order valence-corrected chi connectivity index (χ2v) is 5.27. The summed E-state index contributed by atoms with van der Waals surface area (Å²) in [4.78, 5) is 16.2. The summed E-state index contributed by atoms with van der Waals surface area (Å²) in [7, 11) is 0. The van der Waals surface area contributed by atoms with Crippen LogP contribution in [0.25, 0.3) is 0 Å². The van der Waals surface area contributed by atoms with Crippen molar-refractivity contribution in [2.24, 2.45) is 11.1 Å². The Morgan fingerprint density at radius 1 is 1.50 bits per heavy atom. The SMILES string of the molecule is CCC(C)(C)CNC(=O)c1ccnc(CCN)c1. The van der Waals surface area contributed by atoms with E-state index in [4.69, 9.17) is 5.73 Å². The van der Waals surface area contributed by atoms with Crippen LogP contribution in [0.4, 0.5) is 0 Å². The van der Waals surface area contributed by atoms with Crippen molar-refractivity contribution < 1.29 is 4.79 Å². The van der Waals surface area contributed by atoms with Gasteiger partial charge in [-0.15, -0.1) is 0 Å². The van der Waals surface area contributed by atoms with Crippen LogP contribution in [0.15, 0.2) is 18.3 Å². The lowest BCUT2D eigenvalue weighted by molar-refractivity contribution is 0.0935. The molecule has 0 unspecified atom stereocenters. The molecule has 0 bridgehead atoms. The first kappa shape index (κ1) is 14.6. The minimum Gasteiger partial charge on any atom is -0.352 e. The first-order chi connectivity index (χ1) is 8.48. The van der Waals surface area contributed by atoms with Crippen molar-refractivity contribution in [3.8, 4) is 0 Å². The van der Waals surface area contributed by atoms with Crippen LogP contribution in [0.2, 0.25) is 0 Å². The molecule has 0 aromatic carbocycles. The van der Waals surface area contributed by atoms with E-state index in [0.717, 1.165) is 12.1 Å². The fourth-order valence-corrected chi connectivity index (χ4v) is 1.45. The molecular weight excluding hydrogens is 226 g/mol. The van der Waals surface area contributed by atoms with Gasteiger partial charge in [0.25, 0.3) is 5.91 Å². The molecule has 1 rings (SSSR count). The third-order valence-corrected chi connectivity index (χ3v) is 3.16. The Bertz CT molecular complexity index is 402. The number of carbonyl (C=O) groups is 1. The lowest BCUT2D eigenvalue weighted by Gasteiger charge is -2.22. The van der Waals surface area contributed by atoms with Crippen LogP contribution in [-0.4, -0.2) is 24.0 Å². The van der Waals surface area contributed by atoms with Crippen LogP contribution < -0.4 is 11.1 Å². The summed E-state index contributed by atoms with van der Waals surface area (Å²) in [5.74, 6) is -0.0443. The molecule has 0 aliphatic rings. The van der Waals surface area contributed by atoms with E-state index in [-0.39, 0.29) is 11.3 Å². The Morgan fingerprint density at radius 2 is 2.22 bits per heavy atom. The highest BCUT2D eigenvalue weighted by molar-refractivity contribution is 5.94. The Hall–Kier alpha value is -1.42. The number of amides is 1. The largest absolute Gasteiger partial charge is 0.352 e. The minimum absolute atomic E-state index is 0.0443. The second kappa shape index (κ2) is 6.50. The van der Waals surface area contributed by atoms with Gasteiger partial charge >= 0.3 is 0 Å². The summed E-state index contributed by atoms with van der Waals surface area (Å²) < 4.78 is 0. The summed E-state index contributed by atoms with van der Waals surface area (Å²) in [6.07, 6.45) is 3.38. The van der Waals surface area contributed by atoms with Crippen molar-refractivity contribution >= 4 is 5.91 Å². The van der Waals surface area contributed by atoms with E-state index in [1.54, 1.807) is 18.3 Å². The molecule has 1 aromatic rings. The molecule has 1 heterocycles. The van der Waals surface area contributed by atoms with E-state index in [2.05, 4.69) is 31.1 Å². The van der Waals surface area contributed by atoms with E-state index < -0.39 is 0 Å². The highest BCUT2D eigenvalue weighted by atomic mass is 16.1. The van der Waals surface area contributed by atoms with Crippen LogP contribution in [0.5, 0.6) is 0 Å². The van der Waals surface area contributed by atoms with Gasteiger partial charge in [-0.1, -0.05) is 20.8 Å². The summed E-state index contributed by atoms with van der Waals surface area (Å²) in [6.45, 7) is 7.62. The molecule has 1 aromatic heterocycles. The van der Waals surface area contributed by atoms with Gasteiger partial charge in [0.1, 0.15) is 0 Å². The summed E-state index contributed by atoms with van der Waals surface area (Å²) >= 11 is 0. The average Bonchev–Trinajstić information content (AvgIpc) is 2.37. The number of hydrogen-bond donors (Lipinski definition) is 2. The number of rotatable bonds is 6. The van der Waals surface area contributed by atoms with Gasteiger partial charge in [-0.2, -0.15) is 0 Å². The second-order valence-electron chi connectivity index (χ2n) is 5.27. The average molecular weight is 249 g/mol. The normalized spacial score (nSPS) is 11.3.